The molecule has 3 aromatic rings. The normalized spacial score (nSPS) is 13.6. The molecule has 0 spiro atoms. The van der Waals surface area contributed by atoms with Gasteiger partial charge in [-0.1, -0.05) is 15.9 Å². The van der Waals surface area contributed by atoms with Gasteiger partial charge in [-0.25, -0.2) is 0 Å². The van der Waals surface area contributed by atoms with Gasteiger partial charge in [-0.2, -0.15) is 0 Å². The molecule has 0 atom stereocenters. The second kappa shape index (κ2) is 6.31. The summed E-state index contributed by atoms with van der Waals surface area (Å²) < 4.78 is 0.887. The Morgan fingerprint density at radius 1 is 1.20 bits per heavy atom. The predicted molar refractivity (Wildman–Crippen MR) is 103 cm³/mol. The lowest BCUT2D eigenvalue weighted by Crippen LogP contribution is -2.23. The Bertz CT molecular complexity index is 1040. The zero-order chi connectivity index (χ0) is 17.6. The molecular weight excluding hydrogens is 404 g/mol. The summed E-state index contributed by atoms with van der Waals surface area (Å²) >= 11 is 4.83. The first-order valence-corrected chi connectivity index (χ1v) is 9.62. The predicted octanol–water partition coefficient (Wildman–Crippen LogP) is 4.19. The summed E-state index contributed by atoms with van der Waals surface area (Å²) in [5.41, 5.74) is 0.817. The van der Waals surface area contributed by atoms with E-state index in [0.717, 1.165) is 35.7 Å². The Kier molecular flexibility index (Phi) is 4.13. The van der Waals surface area contributed by atoms with Gasteiger partial charge in [-0.05, 0) is 55.5 Å². The van der Waals surface area contributed by atoms with E-state index in [1.165, 1.54) is 16.2 Å². The van der Waals surface area contributed by atoms with Crippen molar-refractivity contribution in [3.8, 4) is 5.75 Å². The van der Waals surface area contributed by atoms with Crippen LogP contribution in [0.15, 0.2) is 33.5 Å². The van der Waals surface area contributed by atoms with E-state index in [1.807, 2.05) is 0 Å². The highest BCUT2D eigenvalue weighted by Gasteiger charge is 2.25. The van der Waals surface area contributed by atoms with Gasteiger partial charge < -0.3 is 15.4 Å². The third-order valence-corrected chi connectivity index (χ3v) is 6.16. The van der Waals surface area contributed by atoms with Crippen molar-refractivity contribution in [3.63, 3.8) is 0 Å². The molecule has 0 radical (unpaired) electrons. The second-order valence-electron chi connectivity index (χ2n) is 6.05. The van der Waals surface area contributed by atoms with Crippen molar-refractivity contribution < 1.29 is 9.90 Å². The zero-order valence-corrected chi connectivity index (χ0v) is 15.6. The number of carbonyl (C=O) groups is 1. The van der Waals surface area contributed by atoms with Crippen LogP contribution in [-0.4, -0.2) is 16.0 Å². The highest BCUT2D eigenvalue weighted by Crippen LogP contribution is 2.40. The first kappa shape index (κ1) is 16.4. The van der Waals surface area contributed by atoms with Crippen LogP contribution in [-0.2, 0) is 12.8 Å². The summed E-state index contributed by atoms with van der Waals surface area (Å²) in [6, 6.07) is 7.02. The van der Waals surface area contributed by atoms with Gasteiger partial charge in [-0.3, -0.25) is 9.59 Å². The van der Waals surface area contributed by atoms with Crippen LogP contribution >= 0.6 is 27.3 Å². The number of hydrogen-bond acceptors (Lipinski definition) is 4. The fourth-order valence-electron chi connectivity index (χ4n) is 3.24. The molecule has 1 aromatic carbocycles. The third-order valence-electron chi connectivity index (χ3n) is 4.43. The van der Waals surface area contributed by atoms with Gasteiger partial charge in [0, 0.05) is 15.0 Å². The van der Waals surface area contributed by atoms with Gasteiger partial charge in [0.15, 0.2) is 0 Å². The third kappa shape index (κ3) is 2.87. The molecule has 1 aliphatic rings. The van der Waals surface area contributed by atoms with Gasteiger partial charge >= 0.3 is 0 Å². The molecule has 2 aromatic heterocycles. The number of benzene rings is 1. The van der Waals surface area contributed by atoms with Crippen LogP contribution in [0.4, 0.5) is 5.69 Å². The van der Waals surface area contributed by atoms with Crippen molar-refractivity contribution >= 4 is 49.1 Å². The summed E-state index contributed by atoms with van der Waals surface area (Å²) in [6.07, 6.45) is 3.98. The van der Waals surface area contributed by atoms with E-state index in [4.69, 9.17) is 0 Å². The number of aromatic nitrogens is 1. The Balaban J connectivity index is 1.79. The number of aromatic hydroxyl groups is 1. The zero-order valence-electron chi connectivity index (χ0n) is 13.2. The van der Waals surface area contributed by atoms with E-state index < -0.39 is 11.5 Å². The smallest absolute Gasteiger partial charge is 0.265 e. The van der Waals surface area contributed by atoms with E-state index in [0.29, 0.717) is 15.9 Å². The summed E-state index contributed by atoms with van der Waals surface area (Å²) in [6.45, 7) is 0. The van der Waals surface area contributed by atoms with E-state index >= 15 is 0 Å². The van der Waals surface area contributed by atoms with Crippen molar-refractivity contribution in [2.75, 3.05) is 5.32 Å². The largest absolute Gasteiger partial charge is 0.506 e. The number of halogens is 1. The minimum absolute atomic E-state index is 0.215. The molecule has 1 amide bonds. The van der Waals surface area contributed by atoms with Gasteiger partial charge in [0.25, 0.3) is 11.5 Å². The maximum atomic E-state index is 12.6. The lowest BCUT2D eigenvalue weighted by atomic mass is 9.96. The Morgan fingerprint density at radius 3 is 2.68 bits per heavy atom. The number of fused-ring (bicyclic) bond motifs is 3. The van der Waals surface area contributed by atoms with Crippen LogP contribution in [0.5, 0.6) is 5.75 Å². The second-order valence-corrected chi connectivity index (χ2v) is 8.07. The van der Waals surface area contributed by atoms with Gasteiger partial charge in [0.1, 0.15) is 16.1 Å². The molecule has 1 aliphatic carbocycles. The number of pyridine rings is 1. The van der Waals surface area contributed by atoms with E-state index in [-0.39, 0.29) is 11.3 Å². The fourth-order valence-corrected chi connectivity index (χ4v) is 4.79. The first-order valence-electron chi connectivity index (χ1n) is 8.01. The fraction of sp³-hybridized carbons (Fsp3) is 0.222. The van der Waals surface area contributed by atoms with Gasteiger partial charge in [0.2, 0.25) is 0 Å². The molecular formula is C18H15BrN2O3S. The SMILES string of the molecule is O=C(Nc1ccc(Br)cc1)c1c(O)c2c3c(sc2[nH]c1=O)CCCC3. The van der Waals surface area contributed by atoms with Crippen molar-refractivity contribution in [2.45, 2.75) is 25.7 Å². The lowest BCUT2D eigenvalue weighted by Gasteiger charge is -2.11. The number of rotatable bonds is 2. The lowest BCUT2D eigenvalue weighted by molar-refractivity contribution is 0.102. The number of aryl methyl sites for hydroxylation is 2. The Hall–Kier alpha value is -2.12. The highest BCUT2D eigenvalue weighted by atomic mass is 79.9. The molecule has 0 fully saturated rings. The first-order chi connectivity index (χ1) is 12.0. The molecule has 7 heteroatoms. The number of H-pyrrole nitrogens is 1. The topological polar surface area (TPSA) is 82.2 Å². The van der Waals surface area contributed by atoms with Crippen molar-refractivity contribution in [3.05, 3.63) is 55.1 Å². The number of hydrogen-bond donors (Lipinski definition) is 3. The van der Waals surface area contributed by atoms with Crippen LogP contribution in [0, 0.1) is 0 Å². The molecule has 5 nitrogen and oxygen atoms in total. The molecule has 0 saturated heterocycles. The number of aromatic amines is 1. The molecule has 0 bridgehead atoms. The monoisotopic (exact) mass is 418 g/mol. The van der Waals surface area contributed by atoms with Gasteiger partial charge in [0.05, 0.1) is 5.39 Å². The maximum Gasteiger partial charge on any atom is 0.265 e. The number of carbonyl (C=O) groups excluding carboxylic acids is 1. The van der Waals surface area contributed by atoms with Crippen LogP contribution in [0.25, 0.3) is 10.2 Å². The Morgan fingerprint density at radius 2 is 1.92 bits per heavy atom. The number of anilines is 1. The van der Waals surface area contributed by atoms with E-state index in [2.05, 4.69) is 26.2 Å². The summed E-state index contributed by atoms with van der Waals surface area (Å²) in [4.78, 5) is 29.6. The average molecular weight is 419 g/mol. The number of thiophene rings is 1. The highest BCUT2D eigenvalue weighted by molar-refractivity contribution is 9.10. The Labute approximate surface area is 155 Å². The summed E-state index contributed by atoms with van der Waals surface area (Å²) in [5.74, 6) is -0.827. The minimum atomic E-state index is -0.612. The van der Waals surface area contributed by atoms with Crippen molar-refractivity contribution in [2.24, 2.45) is 0 Å². The van der Waals surface area contributed by atoms with Crippen LogP contribution in [0.2, 0.25) is 0 Å². The minimum Gasteiger partial charge on any atom is -0.506 e. The van der Waals surface area contributed by atoms with Crippen LogP contribution in [0.1, 0.15) is 33.6 Å². The van der Waals surface area contributed by atoms with Crippen LogP contribution in [0.3, 0.4) is 0 Å². The molecule has 25 heavy (non-hydrogen) atoms. The molecule has 2 heterocycles. The standard InChI is InChI=1S/C18H15BrN2O3S/c19-9-5-7-10(8-6-9)20-16(23)14-15(22)13-11-3-1-2-4-12(11)25-18(13)21-17(14)24/h5-8H,1-4H2,(H,20,23)(H2,21,22,24). The molecule has 0 saturated carbocycles. The average Bonchev–Trinajstić information content (AvgIpc) is 2.95. The quantitative estimate of drug-likeness (QED) is 0.583. The van der Waals surface area contributed by atoms with E-state index in [1.54, 1.807) is 24.3 Å². The van der Waals surface area contributed by atoms with Crippen LogP contribution < -0.4 is 10.9 Å². The molecule has 4 rings (SSSR count). The van der Waals surface area contributed by atoms with E-state index in [9.17, 15) is 14.7 Å². The van der Waals surface area contributed by atoms with Crippen molar-refractivity contribution in [1.29, 1.82) is 0 Å². The molecule has 128 valence electrons. The summed E-state index contributed by atoms with van der Waals surface area (Å²) in [5, 5.41) is 14.0. The molecule has 0 unspecified atom stereocenters. The molecule has 0 aliphatic heterocycles. The number of nitrogens with one attached hydrogen (secondary N) is 2. The maximum absolute atomic E-state index is 12.6. The number of amides is 1. The molecule has 3 N–H and O–H groups in total. The van der Waals surface area contributed by atoms with Gasteiger partial charge in [-0.15, -0.1) is 11.3 Å². The summed E-state index contributed by atoms with van der Waals surface area (Å²) in [7, 11) is 0. The van der Waals surface area contributed by atoms with Crippen molar-refractivity contribution in [1.82, 2.24) is 4.98 Å².